The highest BCUT2D eigenvalue weighted by molar-refractivity contribution is 8.23. The summed E-state index contributed by atoms with van der Waals surface area (Å²) in [6.07, 6.45) is 0.875. The molecule has 0 spiro atoms. The number of thiocarbonyl (C=S) groups is 1. The third-order valence-electron chi connectivity index (χ3n) is 3.20. The molecule has 0 N–H and O–H groups in total. The molecule has 0 saturated carbocycles. The van der Waals surface area contributed by atoms with Crippen LogP contribution in [0.25, 0.3) is 0 Å². The van der Waals surface area contributed by atoms with E-state index < -0.39 is 0 Å². The van der Waals surface area contributed by atoms with E-state index in [2.05, 4.69) is 0 Å². The van der Waals surface area contributed by atoms with Gasteiger partial charge in [0.25, 0.3) is 0 Å². The zero-order valence-corrected chi connectivity index (χ0v) is 15.8. The number of hydrogen-bond acceptors (Lipinski definition) is 6. The molecule has 0 heterocycles. The number of para-hydroxylation sites is 1. The zero-order chi connectivity index (χ0) is 17.9. The lowest BCUT2D eigenvalue weighted by Gasteiger charge is -2.20. The number of esters is 1. The van der Waals surface area contributed by atoms with Gasteiger partial charge in [-0.3, -0.25) is 9.59 Å². The van der Waals surface area contributed by atoms with Gasteiger partial charge in [-0.15, -0.1) is 0 Å². The van der Waals surface area contributed by atoms with Crippen LogP contribution in [0.1, 0.15) is 26.7 Å². The molecular formula is C17H23NO4S2. The molecule has 1 aromatic carbocycles. The van der Waals surface area contributed by atoms with Crippen molar-refractivity contribution in [1.82, 2.24) is 0 Å². The van der Waals surface area contributed by atoms with Crippen molar-refractivity contribution in [2.45, 2.75) is 31.9 Å². The standard InChI is InChI=1S/C17H23NO4S2/c1-4-21-17(23)24-15(12-22-13(2)19)10-11-16(20)18(3)14-8-6-5-7-9-14/h5-9,15H,4,10-12H2,1-3H3. The van der Waals surface area contributed by atoms with Crippen LogP contribution in [-0.2, 0) is 19.1 Å². The number of benzene rings is 1. The van der Waals surface area contributed by atoms with E-state index in [1.54, 1.807) is 11.9 Å². The van der Waals surface area contributed by atoms with Gasteiger partial charge < -0.3 is 14.4 Å². The summed E-state index contributed by atoms with van der Waals surface area (Å²) in [5.74, 6) is -0.354. The second kappa shape index (κ2) is 11.0. The van der Waals surface area contributed by atoms with Crippen LogP contribution in [0.4, 0.5) is 5.69 Å². The third kappa shape index (κ3) is 7.79. The Kier molecular flexibility index (Phi) is 9.41. The first-order valence-electron chi connectivity index (χ1n) is 7.72. The van der Waals surface area contributed by atoms with Crippen molar-refractivity contribution in [2.75, 3.05) is 25.2 Å². The van der Waals surface area contributed by atoms with E-state index in [-0.39, 0.29) is 23.7 Å². The number of ether oxygens (including phenoxy) is 2. The maximum Gasteiger partial charge on any atom is 0.302 e. The zero-order valence-electron chi connectivity index (χ0n) is 14.2. The largest absolute Gasteiger partial charge is 0.479 e. The minimum absolute atomic E-state index is 0.00282. The van der Waals surface area contributed by atoms with Crippen LogP contribution in [0.5, 0.6) is 0 Å². The van der Waals surface area contributed by atoms with E-state index in [1.807, 2.05) is 37.3 Å². The van der Waals surface area contributed by atoms with Crippen LogP contribution in [0, 0.1) is 0 Å². The van der Waals surface area contributed by atoms with Crippen LogP contribution in [0.3, 0.4) is 0 Å². The number of thioether (sulfide) groups is 1. The Balaban J connectivity index is 2.56. The second-order valence-electron chi connectivity index (χ2n) is 5.05. The van der Waals surface area contributed by atoms with Crippen molar-refractivity contribution in [3.05, 3.63) is 30.3 Å². The lowest BCUT2D eigenvalue weighted by Crippen LogP contribution is -2.27. The summed E-state index contributed by atoms with van der Waals surface area (Å²) in [7, 11) is 1.75. The van der Waals surface area contributed by atoms with E-state index in [9.17, 15) is 9.59 Å². The summed E-state index contributed by atoms with van der Waals surface area (Å²) >= 11 is 6.44. The number of anilines is 1. The molecule has 1 unspecified atom stereocenters. The van der Waals surface area contributed by atoms with E-state index in [0.29, 0.717) is 23.8 Å². The van der Waals surface area contributed by atoms with E-state index in [1.165, 1.54) is 18.7 Å². The summed E-state index contributed by atoms with van der Waals surface area (Å²) in [5, 5.41) is -0.110. The van der Waals surface area contributed by atoms with Gasteiger partial charge >= 0.3 is 5.97 Å². The first kappa shape index (κ1) is 20.4. The minimum atomic E-state index is -0.351. The topological polar surface area (TPSA) is 55.8 Å². The number of carbonyl (C=O) groups is 2. The molecule has 7 heteroatoms. The van der Waals surface area contributed by atoms with Gasteiger partial charge in [-0.05, 0) is 37.7 Å². The summed E-state index contributed by atoms with van der Waals surface area (Å²) < 4.78 is 10.7. The Labute approximate surface area is 152 Å². The fourth-order valence-corrected chi connectivity index (χ4v) is 3.28. The Hall–Kier alpha value is -1.60. The van der Waals surface area contributed by atoms with Crippen molar-refractivity contribution in [3.63, 3.8) is 0 Å². The third-order valence-corrected chi connectivity index (χ3v) is 4.62. The highest BCUT2D eigenvalue weighted by Crippen LogP contribution is 2.21. The lowest BCUT2D eigenvalue weighted by atomic mass is 10.2. The summed E-state index contributed by atoms with van der Waals surface area (Å²) in [5.41, 5.74) is 0.844. The summed E-state index contributed by atoms with van der Waals surface area (Å²) in [4.78, 5) is 25.0. The molecule has 0 radical (unpaired) electrons. The van der Waals surface area contributed by atoms with Crippen molar-refractivity contribution in [2.24, 2.45) is 0 Å². The molecule has 5 nitrogen and oxygen atoms in total. The number of amides is 1. The van der Waals surface area contributed by atoms with Gasteiger partial charge in [0.1, 0.15) is 6.61 Å². The van der Waals surface area contributed by atoms with Gasteiger partial charge in [-0.25, -0.2) is 0 Å². The maximum absolute atomic E-state index is 12.3. The molecular weight excluding hydrogens is 346 g/mol. The summed E-state index contributed by atoms with van der Waals surface area (Å²) in [6.45, 7) is 3.90. The molecule has 1 amide bonds. The van der Waals surface area contributed by atoms with Gasteiger partial charge in [0.15, 0.2) is 0 Å². The van der Waals surface area contributed by atoms with Gasteiger partial charge in [0, 0.05) is 31.3 Å². The van der Waals surface area contributed by atoms with E-state index >= 15 is 0 Å². The van der Waals surface area contributed by atoms with Crippen LogP contribution in [0.2, 0.25) is 0 Å². The first-order chi connectivity index (χ1) is 11.4. The van der Waals surface area contributed by atoms with Gasteiger partial charge in [0.2, 0.25) is 10.3 Å². The molecule has 0 fully saturated rings. The minimum Gasteiger partial charge on any atom is -0.479 e. The van der Waals surface area contributed by atoms with E-state index in [4.69, 9.17) is 21.7 Å². The second-order valence-corrected chi connectivity index (χ2v) is 6.95. The number of hydrogen-bond donors (Lipinski definition) is 0. The average molecular weight is 370 g/mol. The molecule has 1 aromatic rings. The smallest absolute Gasteiger partial charge is 0.302 e. The number of rotatable bonds is 8. The Bertz CT molecular complexity index is 551. The quantitative estimate of drug-likeness (QED) is 0.517. The van der Waals surface area contributed by atoms with Crippen molar-refractivity contribution >= 4 is 45.9 Å². The number of carbonyl (C=O) groups excluding carboxylic acids is 2. The van der Waals surface area contributed by atoms with Gasteiger partial charge in [0.05, 0.1) is 6.61 Å². The Morgan fingerprint density at radius 3 is 2.50 bits per heavy atom. The molecule has 0 aliphatic heterocycles. The van der Waals surface area contributed by atoms with Crippen molar-refractivity contribution in [1.29, 1.82) is 0 Å². The normalized spacial score (nSPS) is 11.5. The Morgan fingerprint density at radius 2 is 1.92 bits per heavy atom. The predicted molar refractivity (Wildman–Crippen MR) is 101 cm³/mol. The van der Waals surface area contributed by atoms with Crippen molar-refractivity contribution in [3.8, 4) is 0 Å². The van der Waals surface area contributed by atoms with E-state index in [0.717, 1.165) is 5.69 Å². The molecule has 0 bridgehead atoms. The first-order valence-corrected chi connectivity index (χ1v) is 9.01. The number of nitrogens with zero attached hydrogens (tertiary/aromatic N) is 1. The highest BCUT2D eigenvalue weighted by atomic mass is 32.2. The Morgan fingerprint density at radius 1 is 1.25 bits per heavy atom. The lowest BCUT2D eigenvalue weighted by molar-refractivity contribution is -0.140. The maximum atomic E-state index is 12.3. The highest BCUT2D eigenvalue weighted by Gasteiger charge is 2.18. The molecule has 132 valence electrons. The van der Waals surface area contributed by atoms with Crippen LogP contribution < -0.4 is 4.90 Å². The van der Waals surface area contributed by atoms with Crippen LogP contribution >= 0.6 is 24.0 Å². The molecule has 24 heavy (non-hydrogen) atoms. The molecule has 0 aliphatic carbocycles. The molecule has 1 atom stereocenters. The van der Waals surface area contributed by atoms with Crippen LogP contribution in [0.15, 0.2) is 30.3 Å². The fraction of sp³-hybridized carbons (Fsp3) is 0.471. The monoisotopic (exact) mass is 369 g/mol. The predicted octanol–water partition coefficient (Wildman–Crippen LogP) is 3.42. The molecule has 0 aliphatic rings. The average Bonchev–Trinajstić information content (AvgIpc) is 2.57. The van der Waals surface area contributed by atoms with Crippen LogP contribution in [-0.4, -0.2) is 41.8 Å². The molecule has 0 aromatic heterocycles. The molecule has 1 rings (SSSR count). The van der Waals surface area contributed by atoms with Gasteiger partial charge in [-0.2, -0.15) is 0 Å². The SMILES string of the molecule is CCOC(=S)SC(CCC(=O)N(C)c1ccccc1)COC(C)=O. The fourth-order valence-electron chi connectivity index (χ4n) is 1.92. The molecule has 0 saturated heterocycles. The van der Waals surface area contributed by atoms with Crippen molar-refractivity contribution < 1.29 is 19.1 Å². The van der Waals surface area contributed by atoms with Gasteiger partial charge in [-0.1, -0.05) is 30.0 Å². The summed E-state index contributed by atoms with van der Waals surface area (Å²) in [6, 6.07) is 9.45.